The van der Waals surface area contributed by atoms with Crippen molar-refractivity contribution >= 4 is 32.2 Å². The van der Waals surface area contributed by atoms with Gasteiger partial charge < -0.3 is 9.15 Å². The summed E-state index contributed by atoms with van der Waals surface area (Å²) in [5, 5.41) is 0. The van der Waals surface area contributed by atoms with Crippen LogP contribution in [0.15, 0.2) is 17.1 Å². The van der Waals surface area contributed by atoms with Crippen molar-refractivity contribution in [2.45, 2.75) is 13.3 Å². The van der Waals surface area contributed by atoms with Gasteiger partial charge in [0, 0.05) is 12.5 Å². The molecule has 0 atom stereocenters. The second kappa shape index (κ2) is 5.12. The molecule has 0 aliphatic carbocycles. The Bertz CT molecular complexity index is 445. The number of carbonyl (C=O) groups excluding carboxylic acids is 2. The van der Waals surface area contributed by atoms with Crippen LogP contribution in [0.3, 0.4) is 0 Å². The lowest BCUT2D eigenvalue weighted by Gasteiger charge is -1.97. The molecule has 0 saturated carbocycles. The Morgan fingerprint density at radius 2 is 2.19 bits per heavy atom. The van der Waals surface area contributed by atoms with E-state index in [1.807, 2.05) is 0 Å². The van der Waals surface area contributed by atoms with Crippen LogP contribution in [0, 0.1) is 0 Å². The molecule has 0 spiro atoms. The standard InChI is InChI=1S/C11H11BrO4/c1-4-8(13)9-5-7(11(14)15-3)10(16-9)6(2)12/h5H,2,4H2,1,3H3. The molecule has 1 aromatic rings. The topological polar surface area (TPSA) is 56.5 Å². The maximum Gasteiger partial charge on any atom is 0.341 e. The zero-order chi connectivity index (χ0) is 12.3. The number of hydrogen-bond acceptors (Lipinski definition) is 4. The molecule has 0 amide bonds. The van der Waals surface area contributed by atoms with Crippen LogP contribution < -0.4 is 0 Å². The lowest BCUT2D eigenvalue weighted by Crippen LogP contribution is -2.01. The van der Waals surface area contributed by atoms with Gasteiger partial charge in [-0.05, 0) is 15.9 Å². The number of Topliss-reactive ketones (excluding diaryl/α,β-unsaturated/α-hetero) is 1. The van der Waals surface area contributed by atoms with Crippen molar-refractivity contribution in [3.63, 3.8) is 0 Å². The van der Waals surface area contributed by atoms with E-state index in [-0.39, 0.29) is 22.9 Å². The molecule has 0 aromatic carbocycles. The van der Waals surface area contributed by atoms with Gasteiger partial charge >= 0.3 is 5.97 Å². The van der Waals surface area contributed by atoms with Crippen molar-refractivity contribution in [3.8, 4) is 0 Å². The van der Waals surface area contributed by atoms with E-state index in [2.05, 4.69) is 27.2 Å². The molecule has 0 aliphatic heterocycles. The molecule has 0 fully saturated rings. The molecule has 0 saturated heterocycles. The number of rotatable bonds is 4. The molecule has 16 heavy (non-hydrogen) atoms. The summed E-state index contributed by atoms with van der Waals surface area (Å²) in [6, 6.07) is 1.37. The highest BCUT2D eigenvalue weighted by atomic mass is 79.9. The maximum atomic E-state index is 11.4. The van der Waals surface area contributed by atoms with Gasteiger partial charge in [-0.2, -0.15) is 0 Å². The number of esters is 1. The highest BCUT2D eigenvalue weighted by Crippen LogP contribution is 2.27. The normalized spacial score (nSPS) is 9.94. The molecule has 1 aromatic heterocycles. The second-order valence-electron chi connectivity index (χ2n) is 3.03. The molecular weight excluding hydrogens is 276 g/mol. The van der Waals surface area contributed by atoms with Crippen LogP contribution in [0.2, 0.25) is 0 Å². The van der Waals surface area contributed by atoms with Crippen molar-refractivity contribution in [2.24, 2.45) is 0 Å². The molecule has 1 heterocycles. The molecular formula is C11H11BrO4. The Morgan fingerprint density at radius 1 is 1.56 bits per heavy atom. The molecule has 0 bridgehead atoms. The van der Waals surface area contributed by atoms with Gasteiger partial charge in [0.05, 0.1) is 11.6 Å². The van der Waals surface area contributed by atoms with E-state index < -0.39 is 5.97 Å². The number of methoxy groups -OCH3 is 1. The highest BCUT2D eigenvalue weighted by Gasteiger charge is 2.22. The van der Waals surface area contributed by atoms with Gasteiger partial charge in [-0.1, -0.05) is 13.5 Å². The lowest BCUT2D eigenvalue weighted by molar-refractivity contribution is 0.0599. The summed E-state index contributed by atoms with van der Waals surface area (Å²) in [5.41, 5.74) is 0.196. The Kier molecular flexibility index (Phi) is 4.06. The molecule has 4 nitrogen and oxygen atoms in total. The largest absolute Gasteiger partial charge is 0.465 e. The minimum atomic E-state index is -0.561. The summed E-state index contributed by atoms with van der Waals surface area (Å²) in [7, 11) is 1.26. The predicted molar refractivity (Wildman–Crippen MR) is 62.6 cm³/mol. The first-order valence-electron chi connectivity index (χ1n) is 4.61. The van der Waals surface area contributed by atoms with E-state index in [4.69, 9.17) is 4.42 Å². The zero-order valence-corrected chi connectivity index (χ0v) is 10.6. The van der Waals surface area contributed by atoms with Crippen LogP contribution in [0.1, 0.15) is 40.0 Å². The van der Waals surface area contributed by atoms with Gasteiger partial charge in [-0.3, -0.25) is 4.79 Å². The summed E-state index contributed by atoms with van der Waals surface area (Å²) in [6.45, 7) is 5.32. The SMILES string of the molecule is C=C(Br)c1oc(C(=O)CC)cc1C(=O)OC. The van der Waals surface area contributed by atoms with Gasteiger partial charge in [0.2, 0.25) is 0 Å². The van der Waals surface area contributed by atoms with Crippen molar-refractivity contribution in [2.75, 3.05) is 7.11 Å². The van der Waals surface area contributed by atoms with E-state index >= 15 is 0 Å². The van der Waals surface area contributed by atoms with Gasteiger partial charge in [-0.25, -0.2) is 4.79 Å². The van der Waals surface area contributed by atoms with Crippen LogP contribution in [-0.2, 0) is 4.74 Å². The van der Waals surface area contributed by atoms with Crippen LogP contribution in [0.4, 0.5) is 0 Å². The molecule has 1 rings (SSSR count). The van der Waals surface area contributed by atoms with E-state index in [1.54, 1.807) is 6.92 Å². The van der Waals surface area contributed by atoms with Gasteiger partial charge in [-0.15, -0.1) is 0 Å². The first-order valence-corrected chi connectivity index (χ1v) is 5.40. The molecule has 5 heteroatoms. The third-order valence-electron chi connectivity index (χ3n) is 1.98. The fraction of sp³-hybridized carbons (Fsp3) is 0.273. The smallest absolute Gasteiger partial charge is 0.341 e. The Labute approximate surface area is 101 Å². The molecule has 0 unspecified atom stereocenters. The number of hydrogen-bond donors (Lipinski definition) is 0. The molecule has 86 valence electrons. The van der Waals surface area contributed by atoms with Crippen molar-refractivity contribution < 1.29 is 18.7 Å². The van der Waals surface area contributed by atoms with Gasteiger partial charge in [0.1, 0.15) is 5.56 Å². The van der Waals surface area contributed by atoms with E-state index in [9.17, 15) is 9.59 Å². The summed E-state index contributed by atoms with van der Waals surface area (Å²) < 4.78 is 10.2. The van der Waals surface area contributed by atoms with Crippen LogP contribution in [-0.4, -0.2) is 18.9 Å². The average molecular weight is 287 g/mol. The van der Waals surface area contributed by atoms with Gasteiger partial charge in [0.15, 0.2) is 17.3 Å². The first-order chi connectivity index (χ1) is 7.51. The Balaban J connectivity index is 3.25. The highest BCUT2D eigenvalue weighted by molar-refractivity contribution is 9.15. The molecule has 0 aliphatic rings. The fourth-order valence-electron chi connectivity index (χ4n) is 1.17. The second-order valence-corrected chi connectivity index (χ2v) is 3.98. The average Bonchev–Trinajstić information content (AvgIpc) is 2.71. The van der Waals surface area contributed by atoms with E-state index in [1.165, 1.54) is 13.2 Å². The Morgan fingerprint density at radius 3 is 2.62 bits per heavy atom. The molecule has 0 radical (unpaired) electrons. The number of ether oxygens (including phenoxy) is 1. The van der Waals surface area contributed by atoms with Crippen LogP contribution in [0.25, 0.3) is 4.48 Å². The van der Waals surface area contributed by atoms with Crippen LogP contribution >= 0.6 is 15.9 Å². The number of carbonyl (C=O) groups is 2. The van der Waals surface area contributed by atoms with Crippen LogP contribution in [0.5, 0.6) is 0 Å². The van der Waals surface area contributed by atoms with E-state index in [0.29, 0.717) is 10.9 Å². The number of ketones is 1. The first kappa shape index (κ1) is 12.7. The number of furan rings is 1. The third kappa shape index (κ3) is 2.41. The summed E-state index contributed by atoms with van der Waals surface area (Å²) in [5.74, 6) is -0.373. The third-order valence-corrected chi connectivity index (χ3v) is 2.34. The lowest BCUT2D eigenvalue weighted by atomic mass is 10.2. The Hall–Kier alpha value is -1.36. The number of halogens is 1. The minimum Gasteiger partial charge on any atom is -0.465 e. The fourth-order valence-corrected chi connectivity index (χ4v) is 1.46. The zero-order valence-electron chi connectivity index (χ0n) is 9.00. The quantitative estimate of drug-likeness (QED) is 0.631. The summed E-state index contributed by atoms with van der Waals surface area (Å²) >= 11 is 3.11. The van der Waals surface area contributed by atoms with Crippen molar-refractivity contribution in [1.82, 2.24) is 0 Å². The summed E-state index contributed by atoms with van der Waals surface area (Å²) in [6.07, 6.45) is 0.308. The summed E-state index contributed by atoms with van der Waals surface area (Å²) in [4.78, 5) is 22.8. The molecule has 0 N–H and O–H groups in total. The van der Waals surface area contributed by atoms with Crippen molar-refractivity contribution in [1.29, 1.82) is 0 Å². The monoisotopic (exact) mass is 286 g/mol. The van der Waals surface area contributed by atoms with Gasteiger partial charge in [0.25, 0.3) is 0 Å². The van der Waals surface area contributed by atoms with Crippen molar-refractivity contribution in [3.05, 3.63) is 29.7 Å². The minimum absolute atomic E-state index is 0.138. The predicted octanol–water partition coefficient (Wildman–Crippen LogP) is 3.02. The maximum absolute atomic E-state index is 11.4. The van der Waals surface area contributed by atoms with E-state index in [0.717, 1.165) is 0 Å².